The van der Waals surface area contributed by atoms with E-state index in [4.69, 9.17) is 16.3 Å². The van der Waals surface area contributed by atoms with Crippen LogP contribution in [0.4, 0.5) is 0 Å². The number of rotatable bonds is 8. The Morgan fingerprint density at radius 3 is 2.60 bits per heavy atom. The fourth-order valence-corrected chi connectivity index (χ4v) is 1.90. The van der Waals surface area contributed by atoms with Crippen LogP contribution in [0.25, 0.3) is 0 Å². The SMILES string of the molecule is ClCCCCCNCCN1CCOCC1. The molecule has 0 bridgehead atoms. The highest BCUT2D eigenvalue weighted by atomic mass is 35.5. The van der Waals surface area contributed by atoms with Crippen LogP contribution in [0.3, 0.4) is 0 Å². The molecule has 1 N–H and O–H groups in total. The smallest absolute Gasteiger partial charge is 0.0594 e. The highest BCUT2D eigenvalue weighted by molar-refractivity contribution is 6.17. The van der Waals surface area contributed by atoms with E-state index >= 15 is 0 Å². The fraction of sp³-hybridized carbons (Fsp3) is 1.00. The van der Waals surface area contributed by atoms with Crippen LogP contribution in [-0.2, 0) is 4.74 Å². The third kappa shape index (κ3) is 7.12. The van der Waals surface area contributed by atoms with Crippen molar-refractivity contribution in [2.45, 2.75) is 19.3 Å². The second-order valence-corrected chi connectivity index (χ2v) is 4.33. The Bertz CT molecular complexity index is 141. The molecule has 4 heteroatoms. The van der Waals surface area contributed by atoms with Crippen molar-refractivity contribution < 1.29 is 4.74 Å². The predicted molar refractivity (Wildman–Crippen MR) is 64.7 cm³/mol. The summed E-state index contributed by atoms with van der Waals surface area (Å²) >= 11 is 5.60. The van der Waals surface area contributed by atoms with Crippen molar-refractivity contribution in [3.63, 3.8) is 0 Å². The van der Waals surface area contributed by atoms with Crippen molar-refractivity contribution in [3.05, 3.63) is 0 Å². The van der Waals surface area contributed by atoms with Crippen LogP contribution in [-0.4, -0.2) is 56.7 Å². The first-order valence-electron chi connectivity index (χ1n) is 6.00. The third-order valence-corrected chi connectivity index (χ3v) is 2.96. The van der Waals surface area contributed by atoms with Crippen molar-refractivity contribution in [2.24, 2.45) is 0 Å². The van der Waals surface area contributed by atoms with E-state index in [0.29, 0.717) is 0 Å². The number of hydrogen-bond acceptors (Lipinski definition) is 3. The van der Waals surface area contributed by atoms with Crippen LogP contribution < -0.4 is 5.32 Å². The van der Waals surface area contributed by atoms with E-state index in [-0.39, 0.29) is 0 Å². The van der Waals surface area contributed by atoms with Gasteiger partial charge in [-0.25, -0.2) is 0 Å². The second kappa shape index (κ2) is 9.40. The zero-order valence-electron chi connectivity index (χ0n) is 9.51. The Labute approximate surface area is 98.1 Å². The van der Waals surface area contributed by atoms with E-state index in [1.54, 1.807) is 0 Å². The van der Waals surface area contributed by atoms with Gasteiger partial charge in [-0.15, -0.1) is 11.6 Å². The van der Waals surface area contributed by atoms with Gasteiger partial charge >= 0.3 is 0 Å². The Balaban J connectivity index is 1.79. The van der Waals surface area contributed by atoms with Gasteiger partial charge in [-0.3, -0.25) is 4.90 Å². The summed E-state index contributed by atoms with van der Waals surface area (Å²) in [4.78, 5) is 2.45. The first kappa shape index (κ1) is 13.2. The van der Waals surface area contributed by atoms with Crippen LogP contribution in [0.15, 0.2) is 0 Å². The lowest BCUT2D eigenvalue weighted by molar-refractivity contribution is 0.0384. The molecule has 0 radical (unpaired) electrons. The quantitative estimate of drug-likeness (QED) is 0.507. The number of alkyl halides is 1. The normalized spacial score (nSPS) is 18.2. The average Bonchev–Trinajstić information content (AvgIpc) is 2.29. The molecule has 0 aliphatic carbocycles. The Hall–Kier alpha value is 0.170. The summed E-state index contributed by atoms with van der Waals surface area (Å²) in [5.74, 6) is 0.799. The number of ether oxygens (including phenoxy) is 1. The Kier molecular flexibility index (Phi) is 8.29. The molecule has 15 heavy (non-hydrogen) atoms. The van der Waals surface area contributed by atoms with Gasteiger partial charge in [-0.05, 0) is 19.4 Å². The molecule has 1 aliphatic rings. The maximum atomic E-state index is 5.60. The zero-order chi connectivity index (χ0) is 10.8. The molecule has 1 fully saturated rings. The first-order chi connectivity index (χ1) is 7.43. The summed E-state index contributed by atoms with van der Waals surface area (Å²) in [5.41, 5.74) is 0. The van der Waals surface area contributed by atoms with Gasteiger partial charge in [-0.1, -0.05) is 6.42 Å². The number of halogens is 1. The fourth-order valence-electron chi connectivity index (χ4n) is 1.71. The van der Waals surface area contributed by atoms with Crippen LogP contribution in [0.2, 0.25) is 0 Å². The van der Waals surface area contributed by atoms with Crippen LogP contribution >= 0.6 is 11.6 Å². The van der Waals surface area contributed by atoms with Gasteiger partial charge in [0.2, 0.25) is 0 Å². The maximum Gasteiger partial charge on any atom is 0.0594 e. The summed E-state index contributed by atoms with van der Waals surface area (Å²) < 4.78 is 5.30. The molecular formula is C11H23ClN2O. The van der Waals surface area contributed by atoms with E-state index < -0.39 is 0 Å². The molecule has 0 atom stereocenters. The molecule has 0 amide bonds. The molecule has 1 aliphatic heterocycles. The zero-order valence-corrected chi connectivity index (χ0v) is 10.3. The standard InChI is InChI=1S/C11H23ClN2O/c12-4-2-1-3-5-13-6-7-14-8-10-15-11-9-14/h13H,1-11H2. The molecule has 0 aromatic heterocycles. The summed E-state index contributed by atoms with van der Waals surface area (Å²) in [6, 6.07) is 0. The average molecular weight is 235 g/mol. The van der Waals surface area contributed by atoms with Gasteiger partial charge in [0.1, 0.15) is 0 Å². The minimum absolute atomic E-state index is 0.799. The van der Waals surface area contributed by atoms with E-state index in [1.807, 2.05) is 0 Å². The number of nitrogens with zero attached hydrogens (tertiary/aromatic N) is 1. The second-order valence-electron chi connectivity index (χ2n) is 3.95. The summed E-state index contributed by atoms with van der Waals surface area (Å²) in [7, 11) is 0. The maximum absolute atomic E-state index is 5.60. The lowest BCUT2D eigenvalue weighted by atomic mass is 10.2. The van der Waals surface area contributed by atoms with Crippen molar-refractivity contribution in [3.8, 4) is 0 Å². The summed E-state index contributed by atoms with van der Waals surface area (Å²) in [5, 5.41) is 3.47. The number of hydrogen-bond donors (Lipinski definition) is 1. The summed E-state index contributed by atoms with van der Waals surface area (Å²) in [6.45, 7) is 7.36. The summed E-state index contributed by atoms with van der Waals surface area (Å²) in [6.07, 6.45) is 3.64. The monoisotopic (exact) mass is 234 g/mol. The van der Waals surface area contributed by atoms with Gasteiger partial charge in [0.15, 0.2) is 0 Å². The van der Waals surface area contributed by atoms with Gasteiger partial charge in [0.05, 0.1) is 13.2 Å². The molecule has 0 aromatic carbocycles. The molecule has 3 nitrogen and oxygen atoms in total. The minimum atomic E-state index is 0.799. The van der Waals surface area contributed by atoms with E-state index in [1.165, 1.54) is 12.8 Å². The predicted octanol–water partition coefficient (Wildman–Crippen LogP) is 1.32. The molecule has 0 saturated carbocycles. The minimum Gasteiger partial charge on any atom is -0.379 e. The molecule has 0 aromatic rings. The molecule has 1 rings (SSSR count). The van der Waals surface area contributed by atoms with Gasteiger partial charge < -0.3 is 10.1 Å². The number of nitrogens with one attached hydrogen (secondary N) is 1. The Morgan fingerprint density at radius 1 is 1.07 bits per heavy atom. The van der Waals surface area contributed by atoms with Gasteiger partial charge in [0.25, 0.3) is 0 Å². The van der Waals surface area contributed by atoms with Gasteiger partial charge in [0, 0.05) is 32.1 Å². The first-order valence-corrected chi connectivity index (χ1v) is 6.53. The topological polar surface area (TPSA) is 24.5 Å². The molecule has 0 unspecified atom stereocenters. The van der Waals surface area contributed by atoms with E-state index in [0.717, 1.165) is 58.2 Å². The highest BCUT2D eigenvalue weighted by Crippen LogP contribution is 1.96. The van der Waals surface area contributed by atoms with Crippen LogP contribution in [0.5, 0.6) is 0 Å². The van der Waals surface area contributed by atoms with Crippen molar-refractivity contribution >= 4 is 11.6 Å². The van der Waals surface area contributed by atoms with Crippen molar-refractivity contribution in [2.75, 3.05) is 51.8 Å². The number of morpholine rings is 1. The van der Waals surface area contributed by atoms with Crippen molar-refractivity contribution in [1.29, 1.82) is 0 Å². The molecule has 1 heterocycles. The van der Waals surface area contributed by atoms with Gasteiger partial charge in [-0.2, -0.15) is 0 Å². The van der Waals surface area contributed by atoms with Crippen LogP contribution in [0.1, 0.15) is 19.3 Å². The van der Waals surface area contributed by atoms with E-state index in [9.17, 15) is 0 Å². The number of unbranched alkanes of at least 4 members (excludes halogenated alkanes) is 2. The van der Waals surface area contributed by atoms with E-state index in [2.05, 4.69) is 10.2 Å². The van der Waals surface area contributed by atoms with Crippen molar-refractivity contribution in [1.82, 2.24) is 10.2 Å². The molecule has 1 saturated heterocycles. The molecule has 90 valence electrons. The molecular weight excluding hydrogens is 212 g/mol. The lowest BCUT2D eigenvalue weighted by Crippen LogP contribution is -2.40. The lowest BCUT2D eigenvalue weighted by Gasteiger charge is -2.26. The van der Waals surface area contributed by atoms with Crippen LogP contribution in [0, 0.1) is 0 Å². The Morgan fingerprint density at radius 2 is 1.87 bits per heavy atom. The molecule has 0 spiro atoms. The largest absolute Gasteiger partial charge is 0.379 e. The highest BCUT2D eigenvalue weighted by Gasteiger charge is 2.08. The third-order valence-electron chi connectivity index (χ3n) is 2.70.